The molecule has 1 amide bonds. The first kappa shape index (κ1) is 13.0. The van der Waals surface area contributed by atoms with Crippen LogP contribution in [0.4, 0.5) is 5.69 Å². The van der Waals surface area contributed by atoms with Gasteiger partial charge in [0.1, 0.15) is 11.4 Å². The first-order chi connectivity index (χ1) is 7.78. The Bertz CT molecular complexity index is 417. The number of carboxylic acid groups (broad SMARTS) is 1. The lowest BCUT2D eigenvalue weighted by Gasteiger charge is -2.21. The quantitative estimate of drug-likeness (QED) is 0.770. The van der Waals surface area contributed by atoms with Crippen LogP contribution in [0.1, 0.15) is 20.8 Å². The molecule has 92 valence electrons. The highest BCUT2D eigenvalue weighted by molar-refractivity contribution is 6.36. The molecule has 0 radical (unpaired) electrons. The van der Waals surface area contributed by atoms with Crippen molar-refractivity contribution >= 4 is 17.6 Å². The Morgan fingerprint density at radius 2 is 1.71 bits per heavy atom. The molecule has 1 aromatic rings. The van der Waals surface area contributed by atoms with E-state index in [2.05, 4.69) is 5.32 Å². The van der Waals surface area contributed by atoms with Crippen LogP contribution in [-0.4, -0.2) is 22.6 Å². The molecular weight excluding hydrogens is 222 g/mol. The van der Waals surface area contributed by atoms with E-state index in [4.69, 9.17) is 9.84 Å². The van der Waals surface area contributed by atoms with Crippen molar-refractivity contribution < 1.29 is 19.4 Å². The maximum atomic E-state index is 10.9. The van der Waals surface area contributed by atoms with Crippen molar-refractivity contribution in [3.63, 3.8) is 0 Å². The number of benzene rings is 1. The number of nitrogens with one attached hydrogen (secondary N) is 1. The number of rotatable bonds is 2. The van der Waals surface area contributed by atoms with Crippen molar-refractivity contribution in [2.24, 2.45) is 0 Å². The highest BCUT2D eigenvalue weighted by atomic mass is 16.5. The van der Waals surface area contributed by atoms with Crippen LogP contribution in [0, 0.1) is 0 Å². The van der Waals surface area contributed by atoms with Gasteiger partial charge in [0.2, 0.25) is 0 Å². The third-order valence-corrected chi connectivity index (χ3v) is 1.73. The molecular formula is C12H15NO4. The van der Waals surface area contributed by atoms with E-state index in [0.29, 0.717) is 11.4 Å². The van der Waals surface area contributed by atoms with Crippen LogP contribution in [0.2, 0.25) is 0 Å². The summed E-state index contributed by atoms with van der Waals surface area (Å²) in [5.41, 5.74) is 0.116. The van der Waals surface area contributed by atoms with E-state index in [1.165, 1.54) is 0 Å². The molecule has 5 heteroatoms. The molecule has 0 heterocycles. The van der Waals surface area contributed by atoms with Gasteiger partial charge in [-0.15, -0.1) is 0 Å². The monoisotopic (exact) mass is 237 g/mol. The number of hydrogen-bond donors (Lipinski definition) is 2. The average Bonchev–Trinajstić information content (AvgIpc) is 2.18. The van der Waals surface area contributed by atoms with E-state index in [9.17, 15) is 9.59 Å². The van der Waals surface area contributed by atoms with Crippen molar-refractivity contribution in [2.45, 2.75) is 26.4 Å². The lowest BCUT2D eigenvalue weighted by molar-refractivity contribution is -0.147. The molecule has 0 aliphatic carbocycles. The molecule has 0 saturated carbocycles. The van der Waals surface area contributed by atoms with Gasteiger partial charge in [0.15, 0.2) is 0 Å². The Labute approximate surface area is 99.4 Å². The van der Waals surface area contributed by atoms with E-state index in [-0.39, 0.29) is 5.60 Å². The van der Waals surface area contributed by atoms with E-state index in [1.807, 2.05) is 20.8 Å². The Morgan fingerprint density at radius 1 is 1.18 bits per heavy atom. The lowest BCUT2D eigenvalue weighted by Crippen LogP contribution is -2.23. The predicted molar refractivity (Wildman–Crippen MR) is 63.1 cm³/mol. The van der Waals surface area contributed by atoms with Crippen molar-refractivity contribution in [1.82, 2.24) is 0 Å². The van der Waals surface area contributed by atoms with Gasteiger partial charge in [0, 0.05) is 5.69 Å². The summed E-state index contributed by atoms with van der Waals surface area (Å²) in [5.74, 6) is -1.92. The Morgan fingerprint density at radius 3 is 2.12 bits per heavy atom. The summed E-state index contributed by atoms with van der Waals surface area (Å²) in [6.07, 6.45) is 0. The number of ether oxygens (including phenoxy) is 1. The second kappa shape index (κ2) is 4.86. The molecule has 0 aliphatic rings. The smallest absolute Gasteiger partial charge is 0.394 e. The van der Waals surface area contributed by atoms with Gasteiger partial charge in [-0.2, -0.15) is 0 Å². The van der Waals surface area contributed by atoms with Crippen molar-refractivity contribution in [3.8, 4) is 5.75 Å². The topological polar surface area (TPSA) is 75.6 Å². The zero-order valence-corrected chi connectivity index (χ0v) is 9.98. The molecule has 0 saturated heterocycles. The van der Waals surface area contributed by atoms with Crippen molar-refractivity contribution in [1.29, 1.82) is 0 Å². The van der Waals surface area contributed by atoms with Gasteiger partial charge in [-0.25, -0.2) is 4.79 Å². The van der Waals surface area contributed by atoms with E-state index in [1.54, 1.807) is 24.3 Å². The van der Waals surface area contributed by atoms with Crippen LogP contribution in [0.5, 0.6) is 5.75 Å². The van der Waals surface area contributed by atoms with E-state index >= 15 is 0 Å². The van der Waals surface area contributed by atoms with Gasteiger partial charge >= 0.3 is 11.9 Å². The minimum Gasteiger partial charge on any atom is -0.488 e. The number of aliphatic carboxylic acids is 1. The van der Waals surface area contributed by atoms with E-state index < -0.39 is 11.9 Å². The summed E-state index contributed by atoms with van der Waals surface area (Å²) in [4.78, 5) is 21.2. The molecule has 1 rings (SSSR count). The minimum absolute atomic E-state index is 0.300. The Hall–Kier alpha value is -2.04. The second-order valence-corrected chi connectivity index (χ2v) is 4.50. The standard InChI is InChI=1S/C12H15NO4/c1-12(2,3)17-9-6-4-8(5-7-9)13-10(14)11(15)16/h4-7H,1-3H3,(H,13,14)(H,15,16). The summed E-state index contributed by atoms with van der Waals surface area (Å²) in [7, 11) is 0. The van der Waals surface area contributed by atoms with Crippen LogP contribution >= 0.6 is 0 Å². The summed E-state index contributed by atoms with van der Waals surface area (Å²) in [6, 6.07) is 6.51. The second-order valence-electron chi connectivity index (χ2n) is 4.50. The molecule has 0 spiro atoms. The molecule has 0 atom stereocenters. The molecule has 17 heavy (non-hydrogen) atoms. The molecule has 0 unspecified atom stereocenters. The van der Waals surface area contributed by atoms with Crippen molar-refractivity contribution in [3.05, 3.63) is 24.3 Å². The van der Waals surface area contributed by atoms with Gasteiger partial charge in [0.05, 0.1) is 0 Å². The number of hydrogen-bond acceptors (Lipinski definition) is 3. The molecule has 2 N–H and O–H groups in total. The summed E-state index contributed by atoms with van der Waals surface area (Å²) >= 11 is 0. The average molecular weight is 237 g/mol. The maximum absolute atomic E-state index is 10.9. The van der Waals surface area contributed by atoms with Gasteiger partial charge < -0.3 is 15.2 Å². The molecule has 1 aromatic carbocycles. The number of anilines is 1. The zero-order valence-electron chi connectivity index (χ0n) is 9.98. The first-order valence-electron chi connectivity index (χ1n) is 5.11. The Kier molecular flexibility index (Phi) is 3.73. The lowest BCUT2D eigenvalue weighted by atomic mass is 10.2. The van der Waals surface area contributed by atoms with Gasteiger partial charge in [-0.05, 0) is 45.0 Å². The van der Waals surface area contributed by atoms with E-state index in [0.717, 1.165) is 0 Å². The van der Waals surface area contributed by atoms with Crippen LogP contribution in [0.15, 0.2) is 24.3 Å². The summed E-state index contributed by atoms with van der Waals surface area (Å²) < 4.78 is 5.58. The predicted octanol–water partition coefficient (Wildman–Crippen LogP) is 1.89. The minimum atomic E-state index is -1.51. The zero-order chi connectivity index (χ0) is 13.1. The van der Waals surface area contributed by atoms with Crippen LogP contribution in [0.25, 0.3) is 0 Å². The number of carbonyl (C=O) groups excluding carboxylic acids is 1. The van der Waals surface area contributed by atoms with Crippen LogP contribution in [-0.2, 0) is 9.59 Å². The van der Waals surface area contributed by atoms with Crippen LogP contribution < -0.4 is 10.1 Å². The third kappa shape index (κ3) is 4.55. The molecule has 0 bridgehead atoms. The molecule has 0 aromatic heterocycles. The van der Waals surface area contributed by atoms with Crippen molar-refractivity contribution in [2.75, 3.05) is 5.32 Å². The fraction of sp³-hybridized carbons (Fsp3) is 0.333. The van der Waals surface area contributed by atoms with Gasteiger partial charge in [0.25, 0.3) is 0 Å². The normalized spacial score (nSPS) is 10.8. The summed E-state index contributed by atoms with van der Waals surface area (Å²) in [6.45, 7) is 5.77. The SMILES string of the molecule is CC(C)(C)Oc1ccc(NC(=O)C(=O)O)cc1. The van der Waals surface area contributed by atoms with Gasteiger partial charge in [-0.1, -0.05) is 0 Å². The fourth-order valence-electron chi connectivity index (χ4n) is 1.14. The maximum Gasteiger partial charge on any atom is 0.394 e. The number of amides is 1. The first-order valence-corrected chi connectivity index (χ1v) is 5.11. The molecule has 0 aliphatic heterocycles. The molecule has 5 nitrogen and oxygen atoms in total. The van der Waals surface area contributed by atoms with Crippen LogP contribution in [0.3, 0.4) is 0 Å². The fourth-order valence-corrected chi connectivity index (χ4v) is 1.14. The number of carboxylic acids is 1. The molecule has 0 fully saturated rings. The highest BCUT2D eigenvalue weighted by Crippen LogP contribution is 2.20. The van der Waals surface area contributed by atoms with Gasteiger partial charge in [-0.3, -0.25) is 4.79 Å². The summed E-state index contributed by atoms with van der Waals surface area (Å²) in [5, 5.41) is 10.7. The highest BCUT2D eigenvalue weighted by Gasteiger charge is 2.13. The number of carbonyl (C=O) groups is 2. The third-order valence-electron chi connectivity index (χ3n) is 1.73. The largest absolute Gasteiger partial charge is 0.488 e. The Balaban J connectivity index is 2.68.